The molecule has 2 aromatic carbocycles. The number of carbonyl (C=O) groups excluding carboxylic acids is 1. The van der Waals surface area contributed by atoms with E-state index in [1.165, 1.54) is 13.2 Å². The molecule has 0 fully saturated rings. The van der Waals surface area contributed by atoms with Crippen molar-refractivity contribution in [1.29, 1.82) is 0 Å². The van der Waals surface area contributed by atoms with Gasteiger partial charge in [-0.25, -0.2) is 14.4 Å². The van der Waals surface area contributed by atoms with E-state index >= 15 is 0 Å². The molecule has 1 atom stereocenters. The number of ether oxygens (including phenoxy) is 1. The highest BCUT2D eigenvalue weighted by Gasteiger charge is 2.26. The number of rotatable bonds is 4. The summed E-state index contributed by atoms with van der Waals surface area (Å²) in [6.45, 7) is 1.82. The van der Waals surface area contributed by atoms with Crippen LogP contribution >= 0.6 is 0 Å². The molecule has 3 aromatic rings. The van der Waals surface area contributed by atoms with Crippen molar-refractivity contribution < 1.29 is 13.9 Å². The lowest BCUT2D eigenvalue weighted by atomic mass is 9.90. The molecule has 1 heterocycles. The lowest BCUT2D eigenvalue weighted by molar-refractivity contribution is -0.141. The molecule has 0 aliphatic carbocycles. The number of methoxy groups -OCH3 is 1. The van der Waals surface area contributed by atoms with Crippen LogP contribution in [0.2, 0.25) is 0 Å². The van der Waals surface area contributed by atoms with Crippen LogP contribution in [-0.4, -0.2) is 23.0 Å². The summed E-state index contributed by atoms with van der Waals surface area (Å²) in [7, 11) is 1.30. The largest absolute Gasteiger partial charge is 0.468 e. The second-order valence-corrected chi connectivity index (χ2v) is 5.62. The van der Waals surface area contributed by atoms with Crippen LogP contribution in [0.5, 0.6) is 0 Å². The number of benzene rings is 2. The molecule has 3 rings (SSSR count). The van der Waals surface area contributed by atoms with Crippen LogP contribution in [0.4, 0.5) is 4.39 Å². The minimum absolute atomic E-state index is 0.292. The van der Waals surface area contributed by atoms with Crippen LogP contribution in [0.1, 0.15) is 22.9 Å². The molecule has 0 saturated carbocycles. The van der Waals surface area contributed by atoms with Crippen molar-refractivity contribution in [3.05, 3.63) is 83.7 Å². The van der Waals surface area contributed by atoms with E-state index in [9.17, 15) is 9.18 Å². The molecule has 25 heavy (non-hydrogen) atoms. The normalized spacial score (nSPS) is 11.8. The first-order chi connectivity index (χ1) is 12.1. The zero-order valence-corrected chi connectivity index (χ0v) is 13.9. The number of aryl methyl sites for hydroxylation is 1. The number of hydrogen-bond acceptors (Lipinski definition) is 4. The van der Waals surface area contributed by atoms with Crippen molar-refractivity contribution in [2.24, 2.45) is 0 Å². The van der Waals surface area contributed by atoms with E-state index < -0.39 is 17.7 Å². The van der Waals surface area contributed by atoms with Gasteiger partial charge in [0.05, 0.1) is 7.11 Å². The van der Waals surface area contributed by atoms with E-state index in [0.29, 0.717) is 17.0 Å². The highest BCUT2D eigenvalue weighted by Crippen LogP contribution is 2.29. The second-order valence-electron chi connectivity index (χ2n) is 5.62. The minimum atomic E-state index is -0.811. The molecule has 126 valence electrons. The molecule has 1 unspecified atom stereocenters. The highest BCUT2D eigenvalue weighted by molar-refractivity contribution is 5.82. The van der Waals surface area contributed by atoms with Crippen LogP contribution < -0.4 is 0 Å². The first-order valence-corrected chi connectivity index (χ1v) is 7.81. The van der Waals surface area contributed by atoms with Crippen molar-refractivity contribution in [1.82, 2.24) is 9.97 Å². The van der Waals surface area contributed by atoms with Crippen molar-refractivity contribution in [2.45, 2.75) is 12.8 Å². The third kappa shape index (κ3) is 3.55. The van der Waals surface area contributed by atoms with Gasteiger partial charge in [-0.15, -0.1) is 0 Å². The Bertz CT molecular complexity index is 877. The van der Waals surface area contributed by atoms with Gasteiger partial charge in [-0.2, -0.15) is 0 Å². The monoisotopic (exact) mass is 336 g/mol. The number of hydrogen-bond donors (Lipinski definition) is 0. The molecule has 0 N–H and O–H groups in total. The van der Waals surface area contributed by atoms with Crippen LogP contribution in [0, 0.1) is 12.7 Å². The maximum atomic E-state index is 14.2. The van der Waals surface area contributed by atoms with E-state index in [4.69, 9.17) is 4.74 Å². The minimum Gasteiger partial charge on any atom is -0.468 e. The van der Waals surface area contributed by atoms with Gasteiger partial charge in [0.25, 0.3) is 0 Å². The first kappa shape index (κ1) is 16.8. The highest BCUT2D eigenvalue weighted by atomic mass is 19.1. The fourth-order valence-corrected chi connectivity index (χ4v) is 2.68. The Labute approximate surface area is 145 Å². The lowest BCUT2D eigenvalue weighted by Gasteiger charge is -2.16. The predicted octanol–water partition coefficient (Wildman–Crippen LogP) is 3.90. The Hall–Kier alpha value is -3.08. The Morgan fingerprint density at radius 3 is 2.24 bits per heavy atom. The average Bonchev–Trinajstić information content (AvgIpc) is 2.64. The third-order valence-electron chi connectivity index (χ3n) is 4.01. The molecule has 0 saturated heterocycles. The van der Waals surface area contributed by atoms with Gasteiger partial charge in [0.15, 0.2) is 0 Å². The molecule has 0 aliphatic rings. The van der Waals surface area contributed by atoms with Crippen molar-refractivity contribution >= 4 is 5.97 Å². The van der Waals surface area contributed by atoms with Gasteiger partial charge in [-0.3, -0.25) is 4.79 Å². The van der Waals surface area contributed by atoms with Gasteiger partial charge < -0.3 is 4.74 Å². The molecule has 0 aliphatic heterocycles. The molecule has 5 heteroatoms. The van der Waals surface area contributed by atoms with E-state index in [0.717, 1.165) is 11.1 Å². The number of carbonyl (C=O) groups is 1. The molecule has 0 spiro atoms. The van der Waals surface area contributed by atoms with E-state index in [-0.39, 0.29) is 0 Å². The van der Waals surface area contributed by atoms with Crippen LogP contribution in [0.15, 0.2) is 60.9 Å². The van der Waals surface area contributed by atoms with Crippen molar-refractivity contribution in [3.63, 3.8) is 0 Å². The molecule has 0 bridgehead atoms. The maximum Gasteiger partial charge on any atom is 0.317 e. The van der Waals surface area contributed by atoms with E-state index in [1.807, 2.05) is 19.1 Å². The summed E-state index contributed by atoms with van der Waals surface area (Å²) in [6, 6.07) is 13.5. The summed E-state index contributed by atoms with van der Waals surface area (Å²) in [5.74, 6) is -1.05. The standard InChI is InChI=1S/C20H17FN2O2/c1-13-22-11-16(12-23-13)14-7-9-15(10-8-14)19(20(24)25-2)17-5-3-4-6-18(17)21/h3-12,19H,1-2H3. The fraction of sp³-hybridized carbons (Fsp3) is 0.150. The average molecular weight is 336 g/mol. The maximum absolute atomic E-state index is 14.2. The molecular formula is C20H17FN2O2. The Kier molecular flexibility index (Phi) is 4.84. The van der Waals surface area contributed by atoms with Gasteiger partial charge in [0.2, 0.25) is 0 Å². The molecule has 4 nitrogen and oxygen atoms in total. The number of nitrogens with zero attached hydrogens (tertiary/aromatic N) is 2. The summed E-state index contributed by atoms with van der Waals surface area (Å²) >= 11 is 0. The quantitative estimate of drug-likeness (QED) is 0.678. The number of halogens is 1. The lowest BCUT2D eigenvalue weighted by Crippen LogP contribution is -2.17. The topological polar surface area (TPSA) is 52.1 Å². The Morgan fingerprint density at radius 1 is 1.00 bits per heavy atom. The predicted molar refractivity (Wildman–Crippen MR) is 92.5 cm³/mol. The SMILES string of the molecule is COC(=O)C(c1ccc(-c2cnc(C)nc2)cc1)c1ccccc1F. The Balaban J connectivity index is 1.98. The zero-order valence-electron chi connectivity index (χ0n) is 13.9. The van der Waals surface area contributed by atoms with Gasteiger partial charge in [-0.05, 0) is 24.1 Å². The summed E-state index contributed by atoms with van der Waals surface area (Å²) in [6.07, 6.45) is 3.48. The van der Waals surface area contributed by atoms with Crippen LogP contribution in [0.25, 0.3) is 11.1 Å². The number of esters is 1. The second kappa shape index (κ2) is 7.21. The number of aromatic nitrogens is 2. The van der Waals surface area contributed by atoms with Crippen LogP contribution in [0.3, 0.4) is 0 Å². The smallest absolute Gasteiger partial charge is 0.317 e. The molecular weight excluding hydrogens is 319 g/mol. The molecule has 0 radical (unpaired) electrons. The summed E-state index contributed by atoms with van der Waals surface area (Å²) in [5.41, 5.74) is 2.74. The first-order valence-electron chi connectivity index (χ1n) is 7.81. The van der Waals surface area contributed by atoms with Crippen molar-refractivity contribution in [2.75, 3.05) is 7.11 Å². The Morgan fingerprint density at radius 2 is 1.64 bits per heavy atom. The van der Waals surface area contributed by atoms with Gasteiger partial charge in [-0.1, -0.05) is 42.5 Å². The fourth-order valence-electron chi connectivity index (χ4n) is 2.68. The van der Waals surface area contributed by atoms with Crippen molar-refractivity contribution in [3.8, 4) is 11.1 Å². The third-order valence-corrected chi connectivity index (χ3v) is 4.01. The van der Waals surface area contributed by atoms with Gasteiger partial charge in [0, 0.05) is 23.5 Å². The van der Waals surface area contributed by atoms with E-state index in [1.54, 1.807) is 42.7 Å². The van der Waals surface area contributed by atoms with Gasteiger partial charge >= 0.3 is 5.97 Å². The van der Waals surface area contributed by atoms with Gasteiger partial charge in [0.1, 0.15) is 17.6 Å². The van der Waals surface area contributed by atoms with E-state index in [2.05, 4.69) is 9.97 Å². The molecule has 0 amide bonds. The van der Waals surface area contributed by atoms with Crippen LogP contribution in [-0.2, 0) is 9.53 Å². The summed E-state index contributed by atoms with van der Waals surface area (Å²) < 4.78 is 19.1. The summed E-state index contributed by atoms with van der Waals surface area (Å²) in [5, 5.41) is 0. The zero-order chi connectivity index (χ0) is 17.8. The summed E-state index contributed by atoms with van der Waals surface area (Å²) in [4.78, 5) is 20.6. The molecule has 1 aromatic heterocycles.